The molecule has 0 aromatic carbocycles. The monoisotopic (exact) mass is 289 g/mol. The number of hydrogen-bond donors (Lipinski definition) is 2. The molecule has 1 nitrogen and oxygen atoms in total. The van der Waals surface area contributed by atoms with Crippen LogP contribution in [-0.4, -0.2) is 27.6 Å². The quantitative estimate of drug-likeness (QED) is 0.728. The minimum atomic E-state index is 0.348. The summed E-state index contributed by atoms with van der Waals surface area (Å²) in [6.07, 6.45) is 2.55. The van der Waals surface area contributed by atoms with E-state index in [9.17, 15) is 0 Å². The molecule has 0 aromatic rings. The highest BCUT2D eigenvalue weighted by atomic mass is 32.1. The second-order valence-electron chi connectivity index (χ2n) is 6.67. The van der Waals surface area contributed by atoms with Gasteiger partial charge < -0.3 is 0 Å². The van der Waals surface area contributed by atoms with Crippen LogP contribution in [0.25, 0.3) is 0 Å². The zero-order valence-electron chi connectivity index (χ0n) is 12.8. The van der Waals surface area contributed by atoms with Crippen LogP contribution in [0.3, 0.4) is 0 Å². The van der Waals surface area contributed by atoms with E-state index in [1.165, 1.54) is 12.8 Å². The Morgan fingerprint density at radius 1 is 0.833 bits per heavy atom. The van der Waals surface area contributed by atoms with E-state index in [1.54, 1.807) is 0 Å². The SMILES string of the molecule is CC(C)C1CC(C(C)S)CC(C(C)C)N1C(C)S. The van der Waals surface area contributed by atoms with Gasteiger partial charge in [-0.15, -0.1) is 0 Å². The first kappa shape index (κ1) is 16.7. The Morgan fingerprint density at radius 3 is 1.44 bits per heavy atom. The summed E-state index contributed by atoms with van der Waals surface area (Å²) in [6, 6.07) is 1.30. The lowest BCUT2D eigenvalue weighted by Gasteiger charge is -2.51. The van der Waals surface area contributed by atoms with Gasteiger partial charge in [0.05, 0.1) is 5.37 Å². The van der Waals surface area contributed by atoms with Crippen LogP contribution in [0.1, 0.15) is 54.4 Å². The molecular weight excluding hydrogens is 258 g/mol. The van der Waals surface area contributed by atoms with Crippen LogP contribution < -0.4 is 0 Å². The topological polar surface area (TPSA) is 3.24 Å². The van der Waals surface area contributed by atoms with E-state index < -0.39 is 0 Å². The number of piperidine rings is 1. The number of rotatable bonds is 4. The van der Waals surface area contributed by atoms with Crippen LogP contribution in [-0.2, 0) is 0 Å². The minimum Gasteiger partial charge on any atom is -0.285 e. The van der Waals surface area contributed by atoms with Crippen molar-refractivity contribution in [2.75, 3.05) is 0 Å². The van der Waals surface area contributed by atoms with Crippen LogP contribution in [0, 0.1) is 17.8 Å². The summed E-state index contributed by atoms with van der Waals surface area (Å²) >= 11 is 9.44. The second-order valence-corrected chi connectivity index (χ2v) is 8.24. The molecule has 1 aliphatic heterocycles. The van der Waals surface area contributed by atoms with E-state index in [1.807, 2.05) is 0 Å². The van der Waals surface area contributed by atoms with Crippen LogP contribution in [0.2, 0.25) is 0 Å². The van der Waals surface area contributed by atoms with Gasteiger partial charge in [-0.05, 0) is 37.5 Å². The summed E-state index contributed by atoms with van der Waals surface area (Å²) in [7, 11) is 0. The number of hydrogen-bond acceptors (Lipinski definition) is 3. The van der Waals surface area contributed by atoms with Crippen molar-refractivity contribution in [1.29, 1.82) is 0 Å². The van der Waals surface area contributed by atoms with Gasteiger partial charge in [0.25, 0.3) is 0 Å². The molecule has 0 saturated carbocycles. The molecule has 1 aliphatic rings. The van der Waals surface area contributed by atoms with Crippen molar-refractivity contribution < 1.29 is 0 Å². The maximum Gasteiger partial charge on any atom is 0.0505 e. The fraction of sp³-hybridized carbons (Fsp3) is 1.00. The number of likely N-dealkylation sites (tertiary alicyclic amines) is 1. The predicted octanol–water partition coefficient (Wildman–Crippen LogP) is 4.34. The Morgan fingerprint density at radius 2 is 1.22 bits per heavy atom. The highest BCUT2D eigenvalue weighted by Gasteiger charge is 2.40. The third kappa shape index (κ3) is 3.83. The van der Waals surface area contributed by atoms with Gasteiger partial charge in [-0.1, -0.05) is 34.6 Å². The Balaban J connectivity index is 2.97. The molecule has 1 saturated heterocycles. The summed E-state index contributed by atoms with van der Waals surface area (Å²) in [6.45, 7) is 13.8. The molecule has 4 unspecified atom stereocenters. The highest BCUT2D eigenvalue weighted by molar-refractivity contribution is 7.81. The van der Waals surface area contributed by atoms with Crippen LogP contribution >= 0.6 is 25.3 Å². The van der Waals surface area contributed by atoms with Crippen molar-refractivity contribution in [3.63, 3.8) is 0 Å². The van der Waals surface area contributed by atoms with Gasteiger partial charge in [-0.3, -0.25) is 4.90 Å². The molecule has 3 heteroatoms. The predicted molar refractivity (Wildman–Crippen MR) is 88.7 cm³/mol. The molecule has 0 spiro atoms. The molecule has 4 atom stereocenters. The maximum absolute atomic E-state index is 4.74. The van der Waals surface area contributed by atoms with E-state index in [0.29, 0.717) is 34.5 Å². The lowest BCUT2D eigenvalue weighted by atomic mass is 9.77. The molecule has 0 radical (unpaired) electrons. The normalized spacial score (nSPS) is 34.0. The van der Waals surface area contributed by atoms with Crippen molar-refractivity contribution in [2.45, 2.75) is 77.1 Å². The Labute approximate surface area is 125 Å². The van der Waals surface area contributed by atoms with Gasteiger partial charge in [-0.25, -0.2) is 0 Å². The van der Waals surface area contributed by atoms with Gasteiger partial charge in [0.15, 0.2) is 0 Å². The van der Waals surface area contributed by atoms with Crippen molar-refractivity contribution in [1.82, 2.24) is 4.90 Å². The Kier molecular flexibility index (Phi) is 6.40. The largest absolute Gasteiger partial charge is 0.285 e. The van der Waals surface area contributed by atoms with Gasteiger partial charge in [0.1, 0.15) is 0 Å². The van der Waals surface area contributed by atoms with Gasteiger partial charge in [0, 0.05) is 17.3 Å². The first-order chi connectivity index (χ1) is 8.25. The van der Waals surface area contributed by atoms with E-state index >= 15 is 0 Å². The molecule has 1 rings (SSSR count). The van der Waals surface area contributed by atoms with Gasteiger partial charge in [-0.2, -0.15) is 25.3 Å². The van der Waals surface area contributed by atoms with Gasteiger partial charge in [0.2, 0.25) is 0 Å². The third-order valence-electron chi connectivity index (χ3n) is 4.51. The Bertz CT molecular complexity index is 233. The fourth-order valence-electron chi connectivity index (χ4n) is 3.39. The molecule has 0 N–H and O–H groups in total. The lowest BCUT2D eigenvalue weighted by Crippen LogP contribution is -2.56. The van der Waals surface area contributed by atoms with Crippen LogP contribution in [0.5, 0.6) is 0 Å². The molecule has 18 heavy (non-hydrogen) atoms. The smallest absolute Gasteiger partial charge is 0.0505 e. The number of thiol groups is 2. The van der Waals surface area contributed by atoms with Crippen LogP contribution in [0.15, 0.2) is 0 Å². The summed E-state index contributed by atoms with van der Waals surface area (Å²) in [5, 5.41) is 0.853. The van der Waals surface area contributed by atoms with Crippen molar-refractivity contribution in [3.8, 4) is 0 Å². The van der Waals surface area contributed by atoms with E-state index in [2.05, 4.69) is 46.4 Å². The average molecular weight is 290 g/mol. The van der Waals surface area contributed by atoms with Crippen LogP contribution in [0.4, 0.5) is 0 Å². The molecule has 0 bridgehead atoms. The summed E-state index contributed by atoms with van der Waals surface area (Å²) < 4.78 is 0. The second kappa shape index (κ2) is 6.90. The molecular formula is C15H31NS2. The minimum absolute atomic E-state index is 0.348. The first-order valence-corrected chi connectivity index (χ1v) is 8.42. The maximum atomic E-state index is 4.74. The molecule has 0 amide bonds. The molecule has 108 valence electrons. The first-order valence-electron chi connectivity index (χ1n) is 7.39. The average Bonchev–Trinajstić information content (AvgIpc) is 2.26. The third-order valence-corrected chi connectivity index (χ3v) is 5.20. The number of nitrogens with zero attached hydrogens (tertiary/aromatic N) is 1. The van der Waals surface area contributed by atoms with E-state index in [0.717, 1.165) is 5.92 Å². The summed E-state index contributed by atoms with van der Waals surface area (Å²) in [5.74, 6) is 2.13. The fourth-order valence-corrected chi connectivity index (χ4v) is 3.97. The molecule has 0 aromatic heterocycles. The van der Waals surface area contributed by atoms with Crippen molar-refractivity contribution in [3.05, 3.63) is 0 Å². The van der Waals surface area contributed by atoms with Crippen molar-refractivity contribution >= 4 is 25.3 Å². The summed E-state index contributed by atoms with van der Waals surface area (Å²) in [4.78, 5) is 2.66. The Hall–Kier alpha value is 0.660. The standard InChI is InChI=1S/C15H31NS2/c1-9(2)14-7-13(11(5)17)8-15(10(3)4)16(14)12(6)18/h9-15,17-18H,7-8H2,1-6H3. The van der Waals surface area contributed by atoms with E-state index in [-0.39, 0.29) is 0 Å². The zero-order valence-corrected chi connectivity index (χ0v) is 14.6. The molecule has 0 aliphatic carbocycles. The molecule has 1 heterocycles. The molecule has 1 fully saturated rings. The lowest BCUT2D eigenvalue weighted by molar-refractivity contribution is 0.00255. The highest BCUT2D eigenvalue weighted by Crippen LogP contribution is 2.39. The van der Waals surface area contributed by atoms with Gasteiger partial charge >= 0.3 is 0 Å². The van der Waals surface area contributed by atoms with E-state index in [4.69, 9.17) is 25.3 Å². The van der Waals surface area contributed by atoms with Crippen molar-refractivity contribution in [2.24, 2.45) is 17.8 Å². The zero-order chi connectivity index (χ0) is 14.0. The summed E-state index contributed by atoms with van der Waals surface area (Å²) in [5.41, 5.74) is 0.